The van der Waals surface area contributed by atoms with Gasteiger partial charge >= 0.3 is 0 Å². The predicted molar refractivity (Wildman–Crippen MR) is 105 cm³/mol. The first-order chi connectivity index (χ1) is 13.2. The molecule has 0 saturated carbocycles. The van der Waals surface area contributed by atoms with Crippen LogP contribution < -0.4 is 0 Å². The number of aryl methyl sites for hydroxylation is 1. The standard InChI is InChI=1S/C18H11ClN6S2/c1-11-5-7-12(8-6-11)25-16(14-4-2-3-9-21-14)22-23-18(25)26-17-13(10-20)15(19)24-27-17/h2-9H,1H3. The molecule has 4 rings (SSSR count). The van der Waals surface area contributed by atoms with Crippen molar-refractivity contribution in [1.82, 2.24) is 24.1 Å². The molecule has 0 aliphatic heterocycles. The van der Waals surface area contributed by atoms with Crippen LogP contribution in [-0.4, -0.2) is 24.1 Å². The Balaban J connectivity index is 1.86. The summed E-state index contributed by atoms with van der Waals surface area (Å²) in [6.45, 7) is 2.03. The van der Waals surface area contributed by atoms with Gasteiger partial charge in [0.25, 0.3) is 0 Å². The molecule has 0 saturated heterocycles. The Hall–Kier alpha value is -2.73. The van der Waals surface area contributed by atoms with Gasteiger partial charge in [-0.15, -0.1) is 10.2 Å². The van der Waals surface area contributed by atoms with Crippen LogP contribution in [0.1, 0.15) is 11.1 Å². The lowest BCUT2D eigenvalue weighted by molar-refractivity contribution is 0.885. The van der Waals surface area contributed by atoms with Gasteiger partial charge in [0.05, 0.1) is 0 Å². The zero-order valence-corrected chi connectivity index (χ0v) is 16.4. The molecule has 0 amide bonds. The molecular weight excluding hydrogens is 400 g/mol. The molecule has 0 bridgehead atoms. The molecule has 3 heterocycles. The Morgan fingerprint density at radius 2 is 1.96 bits per heavy atom. The van der Waals surface area contributed by atoms with Gasteiger partial charge in [0.15, 0.2) is 11.0 Å². The van der Waals surface area contributed by atoms with Gasteiger partial charge in [-0.1, -0.05) is 35.4 Å². The average Bonchev–Trinajstić information content (AvgIpc) is 3.27. The number of hydrogen-bond acceptors (Lipinski definition) is 7. The number of pyridine rings is 1. The Morgan fingerprint density at radius 3 is 2.67 bits per heavy atom. The van der Waals surface area contributed by atoms with Crippen molar-refractivity contribution < 1.29 is 0 Å². The third-order valence-corrected chi connectivity index (χ3v) is 6.06. The largest absolute Gasteiger partial charge is 0.268 e. The number of nitriles is 1. The number of nitrogens with zero attached hydrogens (tertiary/aromatic N) is 6. The minimum Gasteiger partial charge on any atom is -0.268 e. The number of rotatable bonds is 4. The molecule has 0 N–H and O–H groups in total. The highest BCUT2D eigenvalue weighted by atomic mass is 35.5. The first-order valence-corrected chi connectivity index (χ1v) is 9.81. The summed E-state index contributed by atoms with van der Waals surface area (Å²) in [4.78, 5) is 4.40. The Morgan fingerprint density at radius 1 is 1.15 bits per heavy atom. The van der Waals surface area contributed by atoms with Crippen molar-refractivity contribution in [1.29, 1.82) is 5.26 Å². The molecule has 4 aromatic rings. The number of halogens is 1. The van der Waals surface area contributed by atoms with Crippen LogP contribution in [0.25, 0.3) is 17.2 Å². The summed E-state index contributed by atoms with van der Waals surface area (Å²) in [6, 6.07) is 15.8. The van der Waals surface area contributed by atoms with E-state index >= 15 is 0 Å². The van der Waals surface area contributed by atoms with Crippen LogP contribution in [0.15, 0.2) is 58.0 Å². The third kappa shape index (κ3) is 3.45. The summed E-state index contributed by atoms with van der Waals surface area (Å²) in [5.41, 5.74) is 3.12. The highest BCUT2D eigenvalue weighted by Crippen LogP contribution is 2.38. The van der Waals surface area contributed by atoms with E-state index in [1.165, 1.54) is 23.3 Å². The molecule has 3 aromatic heterocycles. The third-order valence-electron chi connectivity index (χ3n) is 3.73. The van der Waals surface area contributed by atoms with Crippen molar-refractivity contribution in [3.05, 3.63) is 64.9 Å². The lowest BCUT2D eigenvalue weighted by atomic mass is 10.2. The molecular formula is C18H11ClN6S2. The van der Waals surface area contributed by atoms with Gasteiger partial charge in [-0.25, -0.2) is 0 Å². The molecule has 0 aliphatic carbocycles. The van der Waals surface area contributed by atoms with Gasteiger partial charge in [0.2, 0.25) is 5.16 Å². The summed E-state index contributed by atoms with van der Waals surface area (Å²) >= 11 is 8.48. The van der Waals surface area contributed by atoms with E-state index in [0.717, 1.165) is 11.3 Å². The topological polar surface area (TPSA) is 80.3 Å². The fourth-order valence-corrected chi connectivity index (χ4v) is 4.52. The lowest BCUT2D eigenvalue weighted by Crippen LogP contribution is -2.00. The Labute approximate surface area is 168 Å². The van der Waals surface area contributed by atoms with E-state index < -0.39 is 0 Å². The zero-order chi connectivity index (χ0) is 18.8. The quantitative estimate of drug-likeness (QED) is 0.482. The molecule has 132 valence electrons. The fraction of sp³-hybridized carbons (Fsp3) is 0.0556. The highest BCUT2D eigenvalue weighted by molar-refractivity contribution is 8.01. The lowest BCUT2D eigenvalue weighted by Gasteiger charge is -2.09. The minimum absolute atomic E-state index is 0.205. The van der Waals surface area contributed by atoms with E-state index in [4.69, 9.17) is 11.6 Å². The van der Waals surface area contributed by atoms with Gasteiger partial charge in [-0.05, 0) is 54.5 Å². The van der Waals surface area contributed by atoms with E-state index in [0.29, 0.717) is 26.4 Å². The summed E-state index contributed by atoms with van der Waals surface area (Å²) in [7, 11) is 0. The van der Waals surface area contributed by atoms with Gasteiger partial charge in [-0.2, -0.15) is 9.64 Å². The molecule has 27 heavy (non-hydrogen) atoms. The predicted octanol–water partition coefficient (Wildman–Crippen LogP) is 4.77. The van der Waals surface area contributed by atoms with Crippen molar-refractivity contribution in [2.75, 3.05) is 0 Å². The monoisotopic (exact) mass is 410 g/mol. The van der Waals surface area contributed by atoms with Crippen molar-refractivity contribution in [2.24, 2.45) is 0 Å². The summed E-state index contributed by atoms with van der Waals surface area (Å²) in [6.07, 6.45) is 1.72. The van der Waals surface area contributed by atoms with E-state index in [1.54, 1.807) is 6.20 Å². The van der Waals surface area contributed by atoms with Crippen LogP contribution in [0, 0.1) is 18.3 Å². The van der Waals surface area contributed by atoms with Crippen molar-refractivity contribution in [3.8, 4) is 23.3 Å². The molecule has 0 fully saturated rings. The second-order valence-corrected chi connectivity index (χ2v) is 7.91. The van der Waals surface area contributed by atoms with E-state index in [2.05, 4.69) is 25.6 Å². The maximum atomic E-state index is 9.33. The summed E-state index contributed by atoms with van der Waals surface area (Å²) in [5.74, 6) is 0.621. The molecule has 0 unspecified atom stereocenters. The highest BCUT2D eigenvalue weighted by Gasteiger charge is 2.21. The average molecular weight is 411 g/mol. The van der Waals surface area contributed by atoms with Crippen LogP contribution in [0.5, 0.6) is 0 Å². The normalized spacial score (nSPS) is 10.7. The minimum atomic E-state index is 0.205. The van der Waals surface area contributed by atoms with Crippen LogP contribution in [-0.2, 0) is 0 Å². The Kier molecular flexibility index (Phi) is 4.90. The van der Waals surface area contributed by atoms with Crippen molar-refractivity contribution in [3.63, 3.8) is 0 Å². The van der Waals surface area contributed by atoms with E-state index in [1.807, 2.05) is 54.0 Å². The maximum absolute atomic E-state index is 9.33. The van der Waals surface area contributed by atoms with E-state index in [9.17, 15) is 5.26 Å². The van der Waals surface area contributed by atoms with Gasteiger partial charge < -0.3 is 0 Å². The first kappa shape index (κ1) is 17.7. The number of hydrogen-bond donors (Lipinski definition) is 0. The van der Waals surface area contributed by atoms with Crippen LogP contribution in [0.2, 0.25) is 5.15 Å². The SMILES string of the molecule is Cc1ccc(-n2c(Sc3snc(Cl)c3C#N)nnc2-c2ccccn2)cc1. The van der Waals surface area contributed by atoms with Crippen LogP contribution in [0.4, 0.5) is 0 Å². The van der Waals surface area contributed by atoms with Crippen molar-refractivity contribution in [2.45, 2.75) is 16.3 Å². The number of benzene rings is 1. The van der Waals surface area contributed by atoms with Crippen molar-refractivity contribution >= 4 is 34.9 Å². The molecule has 0 atom stereocenters. The number of aromatic nitrogens is 5. The second kappa shape index (κ2) is 7.48. The van der Waals surface area contributed by atoms with Crippen LogP contribution >= 0.6 is 34.9 Å². The first-order valence-electron chi connectivity index (χ1n) is 7.84. The fourth-order valence-electron chi connectivity index (χ4n) is 2.42. The Bertz CT molecular complexity index is 1130. The molecule has 0 spiro atoms. The van der Waals surface area contributed by atoms with Gasteiger partial charge in [0.1, 0.15) is 21.5 Å². The maximum Gasteiger partial charge on any atom is 0.201 e. The summed E-state index contributed by atoms with van der Waals surface area (Å²) < 4.78 is 6.65. The molecule has 0 aliphatic rings. The molecule has 6 nitrogen and oxygen atoms in total. The molecule has 9 heteroatoms. The van der Waals surface area contributed by atoms with Gasteiger partial charge in [0, 0.05) is 11.9 Å². The molecule has 1 aromatic carbocycles. The second-order valence-electron chi connectivity index (χ2n) is 5.54. The summed E-state index contributed by atoms with van der Waals surface area (Å²) in [5, 5.41) is 18.8. The van der Waals surface area contributed by atoms with E-state index in [-0.39, 0.29) is 5.15 Å². The smallest absolute Gasteiger partial charge is 0.201 e. The zero-order valence-electron chi connectivity index (χ0n) is 14.0. The van der Waals surface area contributed by atoms with Crippen LogP contribution in [0.3, 0.4) is 0 Å². The molecule has 0 radical (unpaired) electrons. The van der Waals surface area contributed by atoms with Gasteiger partial charge in [-0.3, -0.25) is 9.55 Å².